The van der Waals surface area contributed by atoms with Crippen LogP contribution in [0.25, 0.3) is 0 Å². The molecule has 0 atom stereocenters. The highest BCUT2D eigenvalue weighted by Crippen LogP contribution is 2.22. The van der Waals surface area contributed by atoms with Crippen molar-refractivity contribution >= 4 is 23.2 Å². The molecule has 2 aromatic rings. The number of amides is 1. The zero-order valence-electron chi connectivity index (χ0n) is 13.2. The number of hydrogen-bond donors (Lipinski definition) is 1. The van der Waals surface area contributed by atoms with Crippen LogP contribution in [-0.4, -0.2) is 24.4 Å². The SMILES string of the molecule is Cc1ccc(CN(C)CC(=O)Nc2ccc(C)cc2Cl)cc1. The molecule has 0 spiro atoms. The largest absolute Gasteiger partial charge is 0.324 e. The molecule has 3 nitrogen and oxygen atoms in total. The summed E-state index contributed by atoms with van der Waals surface area (Å²) in [6.45, 7) is 5.08. The number of rotatable bonds is 5. The summed E-state index contributed by atoms with van der Waals surface area (Å²) >= 11 is 6.13. The van der Waals surface area contributed by atoms with Gasteiger partial charge in [-0.1, -0.05) is 47.5 Å². The lowest BCUT2D eigenvalue weighted by molar-refractivity contribution is -0.117. The molecule has 2 aromatic carbocycles. The summed E-state index contributed by atoms with van der Waals surface area (Å²) in [5.41, 5.74) is 4.15. The number of halogens is 1. The minimum Gasteiger partial charge on any atom is -0.324 e. The normalized spacial score (nSPS) is 10.8. The van der Waals surface area contributed by atoms with E-state index in [1.807, 2.05) is 37.1 Å². The van der Waals surface area contributed by atoms with Gasteiger partial charge in [0.1, 0.15) is 0 Å². The molecular formula is C18H21ClN2O. The van der Waals surface area contributed by atoms with Gasteiger partial charge in [-0.25, -0.2) is 0 Å². The Morgan fingerprint density at radius 3 is 2.36 bits per heavy atom. The van der Waals surface area contributed by atoms with E-state index < -0.39 is 0 Å². The first-order chi connectivity index (χ1) is 10.4. The number of benzene rings is 2. The van der Waals surface area contributed by atoms with Gasteiger partial charge in [0, 0.05) is 6.54 Å². The standard InChI is InChI=1S/C18H21ClN2O/c1-13-4-7-15(8-5-13)11-21(3)12-18(22)20-17-9-6-14(2)10-16(17)19/h4-10H,11-12H2,1-3H3,(H,20,22). The summed E-state index contributed by atoms with van der Waals surface area (Å²) in [7, 11) is 1.93. The summed E-state index contributed by atoms with van der Waals surface area (Å²) in [5.74, 6) is -0.0691. The first kappa shape index (κ1) is 16.5. The maximum atomic E-state index is 12.1. The van der Waals surface area contributed by atoms with Crippen LogP contribution in [0.3, 0.4) is 0 Å². The molecule has 4 heteroatoms. The van der Waals surface area contributed by atoms with Crippen LogP contribution in [-0.2, 0) is 11.3 Å². The van der Waals surface area contributed by atoms with Crippen molar-refractivity contribution in [1.82, 2.24) is 4.90 Å². The van der Waals surface area contributed by atoms with Gasteiger partial charge in [-0.05, 0) is 44.2 Å². The molecule has 0 radical (unpaired) electrons. The lowest BCUT2D eigenvalue weighted by atomic mass is 10.1. The first-order valence-corrected chi connectivity index (χ1v) is 7.62. The van der Waals surface area contributed by atoms with Crippen LogP contribution >= 0.6 is 11.6 Å². The Morgan fingerprint density at radius 1 is 1.09 bits per heavy atom. The quantitative estimate of drug-likeness (QED) is 0.903. The van der Waals surface area contributed by atoms with Crippen LogP contribution in [0.1, 0.15) is 16.7 Å². The minimum atomic E-state index is -0.0691. The third-order valence-electron chi connectivity index (χ3n) is 3.39. The molecule has 0 unspecified atom stereocenters. The highest BCUT2D eigenvalue weighted by molar-refractivity contribution is 6.33. The Bertz CT molecular complexity index is 653. The van der Waals surface area contributed by atoms with Crippen molar-refractivity contribution in [1.29, 1.82) is 0 Å². The molecule has 0 aliphatic rings. The fraction of sp³-hybridized carbons (Fsp3) is 0.278. The van der Waals surface area contributed by atoms with Crippen molar-refractivity contribution in [3.05, 3.63) is 64.2 Å². The number of carbonyl (C=O) groups is 1. The van der Waals surface area contributed by atoms with Crippen molar-refractivity contribution in [2.75, 3.05) is 18.9 Å². The van der Waals surface area contributed by atoms with Gasteiger partial charge in [-0.15, -0.1) is 0 Å². The van der Waals surface area contributed by atoms with E-state index in [-0.39, 0.29) is 5.91 Å². The molecule has 1 N–H and O–H groups in total. The van der Waals surface area contributed by atoms with Gasteiger partial charge in [0.15, 0.2) is 0 Å². The van der Waals surface area contributed by atoms with Crippen LogP contribution < -0.4 is 5.32 Å². The van der Waals surface area contributed by atoms with E-state index in [1.165, 1.54) is 11.1 Å². The van der Waals surface area contributed by atoms with E-state index >= 15 is 0 Å². The number of nitrogens with one attached hydrogen (secondary N) is 1. The van der Waals surface area contributed by atoms with Crippen LogP contribution in [0.4, 0.5) is 5.69 Å². The summed E-state index contributed by atoms with van der Waals surface area (Å²) < 4.78 is 0. The Hall–Kier alpha value is -1.84. The van der Waals surface area contributed by atoms with Crippen LogP contribution in [0.2, 0.25) is 5.02 Å². The Labute approximate surface area is 136 Å². The Morgan fingerprint density at radius 2 is 1.73 bits per heavy atom. The topological polar surface area (TPSA) is 32.3 Å². The fourth-order valence-corrected chi connectivity index (χ4v) is 2.50. The van der Waals surface area contributed by atoms with Gasteiger partial charge in [0.25, 0.3) is 0 Å². The van der Waals surface area contributed by atoms with Gasteiger partial charge < -0.3 is 5.32 Å². The number of aryl methyl sites for hydroxylation is 2. The molecule has 0 fully saturated rings. The van der Waals surface area contributed by atoms with Crippen LogP contribution in [0, 0.1) is 13.8 Å². The average Bonchev–Trinajstić information content (AvgIpc) is 2.44. The Balaban J connectivity index is 1.89. The second kappa shape index (κ2) is 7.43. The van der Waals surface area contributed by atoms with Crippen molar-refractivity contribution in [3.63, 3.8) is 0 Å². The maximum absolute atomic E-state index is 12.1. The van der Waals surface area contributed by atoms with E-state index in [0.717, 1.165) is 12.1 Å². The van der Waals surface area contributed by atoms with Gasteiger partial charge in [-0.2, -0.15) is 0 Å². The van der Waals surface area contributed by atoms with Gasteiger partial charge >= 0.3 is 0 Å². The number of anilines is 1. The van der Waals surface area contributed by atoms with Crippen LogP contribution in [0.5, 0.6) is 0 Å². The number of likely N-dealkylation sites (N-methyl/N-ethyl adjacent to an activating group) is 1. The summed E-state index contributed by atoms with van der Waals surface area (Å²) in [5, 5.41) is 3.42. The summed E-state index contributed by atoms with van der Waals surface area (Å²) in [6.07, 6.45) is 0. The van der Waals surface area contributed by atoms with E-state index in [2.05, 4.69) is 36.5 Å². The zero-order chi connectivity index (χ0) is 16.1. The van der Waals surface area contributed by atoms with E-state index in [9.17, 15) is 4.79 Å². The lowest BCUT2D eigenvalue weighted by Gasteiger charge is -2.17. The van der Waals surface area contributed by atoms with Gasteiger partial charge in [-0.3, -0.25) is 9.69 Å². The molecule has 0 saturated carbocycles. The molecule has 116 valence electrons. The summed E-state index contributed by atoms with van der Waals surface area (Å²) in [4.78, 5) is 14.1. The van der Waals surface area contributed by atoms with Crippen molar-refractivity contribution in [2.24, 2.45) is 0 Å². The van der Waals surface area contributed by atoms with E-state index in [1.54, 1.807) is 0 Å². The third-order valence-corrected chi connectivity index (χ3v) is 3.70. The monoisotopic (exact) mass is 316 g/mol. The van der Waals surface area contributed by atoms with Crippen molar-refractivity contribution < 1.29 is 4.79 Å². The fourth-order valence-electron chi connectivity index (χ4n) is 2.22. The Kier molecular flexibility index (Phi) is 5.58. The smallest absolute Gasteiger partial charge is 0.238 e. The van der Waals surface area contributed by atoms with Crippen molar-refractivity contribution in [2.45, 2.75) is 20.4 Å². The molecule has 0 aliphatic carbocycles. The number of carbonyl (C=O) groups excluding carboxylic acids is 1. The highest BCUT2D eigenvalue weighted by atomic mass is 35.5. The molecule has 0 bridgehead atoms. The lowest BCUT2D eigenvalue weighted by Crippen LogP contribution is -2.29. The average molecular weight is 317 g/mol. The zero-order valence-corrected chi connectivity index (χ0v) is 13.9. The minimum absolute atomic E-state index is 0.0691. The maximum Gasteiger partial charge on any atom is 0.238 e. The third kappa shape index (κ3) is 4.86. The predicted octanol–water partition coefficient (Wildman–Crippen LogP) is 4.03. The molecule has 0 aliphatic heterocycles. The molecule has 1 amide bonds. The molecule has 0 heterocycles. The number of hydrogen-bond acceptors (Lipinski definition) is 2. The molecule has 22 heavy (non-hydrogen) atoms. The van der Waals surface area contributed by atoms with Crippen LogP contribution in [0.15, 0.2) is 42.5 Å². The van der Waals surface area contributed by atoms with E-state index in [4.69, 9.17) is 11.6 Å². The van der Waals surface area contributed by atoms with Gasteiger partial charge in [0.05, 0.1) is 17.3 Å². The molecular weight excluding hydrogens is 296 g/mol. The van der Waals surface area contributed by atoms with Gasteiger partial charge in [0.2, 0.25) is 5.91 Å². The summed E-state index contributed by atoms with van der Waals surface area (Å²) in [6, 6.07) is 13.9. The molecule has 2 rings (SSSR count). The van der Waals surface area contributed by atoms with Crippen molar-refractivity contribution in [3.8, 4) is 0 Å². The highest BCUT2D eigenvalue weighted by Gasteiger charge is 2.09. The molecule has 0 aromatic heterocycles. The first-order valence-electron chi connectivity index (χ1n) is 7.24. The number of nitrogens with zero attached hydrogens (tertiary/aromatic N) is 1. The van der Waals surface area contributed by atoms with E-state index in [0.29, 0.717) is 17.3 Å². The second-order valence-electron chi connectivity index (χ2n) is 5.69. The molecule has 0 saturated heterocycles. The second-order valence-corrected chi connectivity index (χ2v) is 6.10. The predicted molar refractivity (Wildman–Crippen MR) is 92.3 cm³/mol.